The lowest BCUT2D eigenvalue weighted by atomic mass is 10.0. The van der Waals surface area contributed by atoms with Crippen LogP contribution in [-0.4, -0.2) is 24.4 Å². The van der Waals surface area contributed by atoms with E-state index < -0.39 is 0 Å². The van der Waals surface area contributed by atoms with Crippen LogP contribution in [-0.2, 0) is 0 Å². The number of benzene rings is 1. The SMILES string of the molecule is CCCC(CCBr)CNC(=O)c1ccccc1OCC. The van der Waals surface area contributed by atoms with Gasteiger partial charge in [0.05, 0.1) is 12.2 Å². The lowest BCUT2D eigenvalue weighted by Gasteiger charge is -2.16. The molecule has 1 aromatic rings. The molecule has 0 fully saturated rings. The highest BCUT2D eigenvalue weighted by molar-refractivity contribution is 9.09. The summed E-state index contributed by atoms with van der Waals surface area (Å²) in [7, 11) is 0. The molecule has 0 radical (unpaired) electrons. The van der Waals surface area contributed by atoms with Crippen LogP contribution in [0.2, 0.25) is 0 Å². The molecule has 0 aliphatic rings. The Labute approximate surface area is 130 Å². The maximum atomic E-state index is 12.3. The van der Waals surface area contributed by atoms with Gasteiger partial charge in [-0.3, -0.25) is 4.79 Å². The molecule has 1 atom stereocenters. The van der Waals surface area contributed by atoms with E-state index in [1.165, 1.54) is 0 Å². The smallest absolute Gasteiger partial charge is 0.255 e. The normalized spacial score (nSPS) is 11.9. The van der Waals surface area contributed by atoms with Crippen LogP contribution >= 0.6 is 15.9 Å². The van der Waals surface area contributed by atoms with Gasteiger partial charge in [-0.1, -0.05) is 41.4 Å². The molecule has 4 heteroatoms. The van der Waals surface area contributed by atoms with Crippen LogP contribution in [0.4, 0.5) is 0 Å². The van der Waals surface area contributed by atoms with Crippen LogP contribution in [0.5, 0.6) is 5.75 Å². The molecule has 0 aliphatic carbocycles. The van der Waals surface area contributed by atoms with Gasteiger partial charge in [-0.15, -0.1) is 0 Å². The van der Waals surface area contributed by atoms with E-state index in [0.29, 0.717) is 23.8 Å². The molecule has 0 saturated carbocycles. The second-order valence-corrected chi connectivity index (χ2v) is 5.56. The van der Waals surface area contributed by atoms with Crippen LogP contribution in [0.1, 0.15) is 43.5 Å². The minimum atomic E-state index is -0.0512. The van der Waals surface area contributed by atoms with E-state index in [9.17, 15) is 4.79 Å². The van der Waals surface area contributed by atoms with E-state index in [1.54, 1.807) is 6.07 Å². The van der Waals surface area contributed by atoms with Crippen molar-refractivity contribution in [1.82, 2.24) is 5.32 Å². The predicted octanol–water partition coefficient (Wildman–Crippen LogP) is 4.02. The third kappa shape index (κ3) is 5.53. The molecular formula is C16H24BrNO2. The van der Waals surface area contributed by atoms with E-state index in [1.807, 2.05) is 25.1 Å². The third-order valence-electron chi connectivity index (χ3n) is 3.20. The van der Waals surface area contributed by atoms with Crippen LogP contribution in [0.25, 0.3) is 0 Å². The Hall–Kier alpha value is -1.03. The molecule has 0 aromatic heterocycles. The van der Waals surface area contributed by atoms with Gasteiger partial charge in [0.15, 0.2) is 0 Å². The number of hydrogen-bond acceptors (Lipinski definition) is 2. The fourth-order valence-corrected chi connectivity index (χ4v) is 2.83. The highest BCUT2D eigenvalue weighted by Gasteiger charge is 2.14. The Morgan fingerprint density at radius 3 is 2.70 bits per heavy atom. The highest BCUT2D eigenvalue weighted by Crippen LogP contribution is 2.18. The first kappa shape index (κ1) is 17.0. The molecule has 1 unspecified atom stereocenters. The third-order valence-corrected chi connectivity index (χ3v) is 3.65. The van der Waals surface area contributed by atoms with Crippen LogP contribution in [0.3, 0.4) is 0 Å². The number of carbonyl (C=O) groups excluding carboxylic acids is 1. The van der Waals surface area contributed by atoms with Gasteiger partial charge in [-0.05, 0) is 37.8 Å². The fraction of sp³-hybridized carbons (Fsp3) is 0.562. The van der Waals surface area contributed by atoms with Crippen molar-refractivity contribution >= 4 is 21.8 Å². The van der Waals surface area contributed by atoms with Gasteiger partial charge in [0, 0.05) is 11.9 Å². The molecule has 0 bridgehead atoms. The molecule has 3 nitrogen and oxygen atoms in total. The molecule has 0 heterocycles. The maximum Gasteiger partial charge on any atom is 0.255 e. The molecular weight excluding hydrogens is 318 g/mol. The molecule has 0 spiro atoms. The molecule has 1 aromatic carbocycles. The summed E-state index contributed by atoms with van der Waals surface area (Å²) >= 11 is 3.47. The largest absolute Gasteiger partial charge is 0.493 e. The van der Waals surface area contributed by atoms with Crippen molar-refractivity contribution in [3.63, 3.8) is 0 Å². The van der Waals surface area contributed by atoms with Crippen molar-refractivity contribution in [2.24, 2.45) is 5.92 Å². The first-order valence-electron chi connectivity index (χ1n) is 7.28. The summed E-state index contributed by atoms with van der Waals surface area (Å²) in [6.07, 6.45) is 3.36. The number of alkyl halides is 1. The fourth-order valence-electron chi connectivity index (χ4n) is 2.18. The van der Waals surface area contributed by atoms with Crippen molar-refractivity contribution in [3.8, 4) is 5.75 Å². The van der Waals surface area contributed by atoms with Gasteiger partial charge in [0.1, 0.15) is 5.75 Å². The summed E-state index contributed by atoms with van der Waals surface area (Å²) in [5, 5.41) is 4.00. The molecule has 0 aliphatic heterocycles. The second-order valence-electron chi connectivity index (χ2n) is 4.77. The van der Waals surface area contributed by atoms with Crippen molar-refractivity contribution in [3.05, 3.63) is 29.8 Å². The van der Waals surface area contributed by atoms with Gasteiger partial charge in [0.2, 0.25) is 0 Å². The zero-order valence-corrected chi connectivity index (χ0v) is 13.9. The summed E-state index contributed by atoms with van der Waals surface area (Å²) in [6.45, 7) is 5.38. The quantitative estimate of drug-likeness (QED) is 0.689. The molecule has 1 N–H and O–H groups in total. The molecule has 0 saturated heterocycles. The molecule has 20 heavy (non-hydrogen) atoms. The summed E-state index contributed by atoms with van der Waals surface area (Å²) in [5.41, 5.74) is 0.614. The molecule has 112 valence electrons. The van der Waals surface area contributed by atoms with Crippen molar-refractivity contribution in [2.45, 2.75) is 33.1 Å². The zero-order chi connectivity index (χ0) is 14.8. The number of para-hydroxylation sites is 1. The zero-order valence-electron chi connectivity index (χ0n) is 12.3. The van der Waals surface area contributed by atoms with Crippen molar-refractivity contribution in [2.75, 3.05) is 18.5 Å². The minimum Gasteiger partial charge on any atom is -0.493 e. The summed E-state index contributed by atoms with van der Waals surface area (Å²) in [6, 6.07) is 7.38. The monoisotopic (exact) mass is 341 g/mol. The van der Waals surface area contributed by atoms with Crippen LogP contribution in [0, 0.1) is 5.92 Å². The minimum absolute atomic E-state index is 0.0512. The molecule has 1 amide bonds. The van der Waals surface area contributed by atoms with E-state index in [4.69, 9.17) is 4.74 Å². The van der Waals surface area contributed by atoms with Gasteiger partial charge in [-0.25, -0.2) is 0 Å². The number of nitrogens with one attached hydrogen (secondary N) is 1. The van der Waals surface area contributed by atoms with Gasteiger partial charge in [-0.2, -0.15) is 0 Å². The lowest BCUT2D eigenvalue weighted by molar-refractivity contribution is 0.0942. The standard InChI is InChI=1S/C16H24BrNO2/c1-3-7-13(10-11-17)12-18-16(19)14-8-5-6-9-15(14)20-4-2/h5-6,8-9,13H,3-4,7,10-12H2,1-2H3,(H,18,19). The Kier molecular flexibility index (Phi) is 8.35. The summed E-state index contributed by atoms with van der Waals surface area (Å²) < 4.78 is 5.49. The summed E-state index contributed by atoms with van der Waals surface area (Å²) in [5.74, 6) is 1.13. The Bertz CT molecular complexity index is 403. The highest BCUT2D eigenvalue weighted by atomic mass is 79.9. The topological polar surface area (TPSA) is 38.3 Å². The molecule has 1 rings (SSSR count). The van der Waals surface area contributed by atoms with Gasteiger partial charge >= 0.3 is 0 Å². The van der Waals surface area contributed by atoms with E-state index in [-0.39, 0.29) is 5.91 Å². The average molecular weight is 342 g/mol. The average Bonchev–Trinajstić information content (AvgIpc) is 2.46. The first-order chi connectivity index (χ1) is 9.72. The van der Waals surface area contributed by atoms with E-state index in [0.717, 1.165) is 31.1 Å². The predicted molar refractivity (Wildman–Crippen MR) is 86.8 cm³/mol. The number of ether oxygens (including phenoxy) is 1. The Balaban J connectivity index is 2.61. The van der Waals surface area contributed by atoms with Crippen LogP contribution in [0.15, 0.2) is 24.3 Å². The van der Waals surface area contributed by atoms with Gasteiger partial charge < -0.3 is 10.1 Å². The van der Waals surface area contributed by atoms with E-state index in [2.05, 4.69) is 28.2 Å². The van der Waals surface area contributed by atoms with Gasteiger partial charge in [0.25, 0.3) is 5.91 Å². The number of carbonyl (C=O) groups is 1. The number of rotatable bonds is 9. The Morgan fingerprint density at radius 2 is 2.05 bits per heavy atom. The second kappa shape index (κ2) is 9.81. The first-order valence-corrected chi connectivity index (χ1v) is 8.41. The number of hydrogen-bond donors (Lipinski definition) is 1. The number of amides is 1. The van der Waals surface area contributed by atoms with E-state index >= 15 is 0 Å². The Morgan fingerprint density at radius 1 is 1.30 bits per heavy atom. The van der Waals surface area contributed by atoms with Crippen molar-refractivity contribution in [1.29, 1.82) is 0 Å². The van der Waals surface area contributed by atoms with Crippen LogP contribution < -0.4 is 10.1 Å². The lowest BCUT2D eigenvalue weighted by Crippen LogP contribution is -2.29. The van der Waals surface area contributed by atoms with Crippen molar-refractivity contribution < 1.29 is 9.53 Å². The number of halogens is 1. The maximum absolute atomic E-state index is 12.3. The summed E-state index contributed by atoms with van der Waals surface area (Å²) in [4.78, 5) is 12.3.